The van der Waals surface area contributed by atoms with E-state index in [0.717, 1.165) is 11.8 Å². The first-order valence-corrected chi connectivity index (χ1v) is 7.99. The molecule has 1 aromatic rings. The number of benzene rings is 1. The Balaban J connectivity index is 3.17. The van der Waals surface area contributed by atoms with E-state index in [-0.39, 0.29) is 0 Å². The fourth-order valence-electron chi connectivity index (χ4n) is 2.71. The van der Waals surface area contributed by atoms with Crippen LogP contribution < -0.4 is 0 Å². The van der Waals surface area contributed by atoms with Crippen LogP contribution in [0, 0.1) is 5.92 Å². The van der Waals surface area contributed by atoms with E-state index >= 15 is 0 Å². The van der Waals surface area contributed by atoms with Crippen molar-refractivity contribution in [2.45, 2.75) is 79.1 Å². The summed E-state index contributed by atoms with van der Waals surface area (Å²) in [6.07, 6.45) is 2.55. The molecule has 0 spiro atoms. The molecule has 1 unspecified atom stereocenters. The average Bonchev–Trinajstić information content (AvgIpc) is 2.34. The summed E-state index contributed by atoms with van der Waals surface area (Å²) in [5, 5.41) is 0. The van der Waals surface area contributed by atoms with E-state index in [2.05, 4.69) is 66.7 Å². The zero-order valence-corrected chi connectivity index (χ0v) is 14.0. The van der Waals surface area contributed by atoms with Crippen LogP contribution in [0.25, 0.3) is 0 Å². The summed E-state index contributed by atoms with van der Waals surface area (Å²) in [6.45, 7) is 16.2. The molecule has 0 saturated carbocycles. The van der Waals surface area contributed by atoms with Crippen LogP contribution in [0.2, 0.25) is 0 Å². The van der Waals surface area contributed by atoms with Crippen LogP contribution in [-0.2, 0) is 0 Å². The fraction of sp³-hybridized carbons (Fsp3) is 0.684. The smallest absolute Gasteiger partial charge is 0.0162 e. The Morgan fingerprint density at radius 3 is 1.47 bits per heavy atom. The van der Waals surface area contributed by atoms with Gasteiger partial charge in [-0.15, -0.1) is 0 Å². The van der Waals surface area contributed by atoms with Gasteiger partial charge in [-0.2, -0.15) is 0 Å². The predicted octanol–water partition coefficient (Wildman–Crippen LogP) is 6.47. The molecule has 0 bridgehead atoms. The Morgan fingerprint density at radius 2 is 1.16 bits per heavy atom. The minimum Gasteiger partial charge on any atom is -0.0648 e. The van der Waals surface area contributed by atoms with Gasteiger partial charge in [0.1, 0.15) is 0 Å². The van der Waals surface area contributed by atoms with Gasteiger partial charge in [0, 0.05) is 0 Å². The fourth-order valence-corrected chi connectivity index (χ4v) is 2.71. The van der Waals surface area contributed by atoms with Gasteiger partial charge in [0.2, 0.25) is 0 Å². The Hall–Kier alpha value is -0.780. The summed E-state index contributed by atoms with van der Waals surface area (Å²) in [6, 6.07) is 7.31. The number of hydrogen-bond donors (Lipinski definition) is 0. The number of hydrogen-bond acceptors (Lipinski definition) is 0. The second-order valence-corrected chi connectivity index (χ2v) is 6.98. The summed E-state index contributed by atoms with van der Waals surface area (Å²) in [7, 11) is 0. The van der Waals surface area contributed by atoms with Crippen molar-refractivity contribution in [3.63, 3.8) is 0 Å². The quantitative estimate of drug-likeness (QED) is 0.549. The molecule has 0 saturated heterocycles. The molecule has 0 radical (unpaired) electrons. The van der Waals surface area contributed by atoms with E-state index in [1.54, 1.807) is 5.56 Å². The Kier molecular flexibility index (Phi) is 6.10. The normalized spacial score (nSPS) is 13.6. The van der Waals surface area contributed by atoms with Crippen LogP contribution in [-0.4, -0.2) is 0 Å². The highest BCUT2D eigenvalue weighted by Crippen LogP contribution is 2.32. The number of rotatable bonds is 6. The molecular formula is C19H32. The highest BCUT2D eigenvalue weighted by Gasteiger charge is 2.15. The second kappa shape index (κ2) is 7.12. The SMILES string of the molecule is CCC(CC(C)C)c1cc(C(C)C)cc(C(C)C)c1. The van der Waals surface area contributed by atoms with Crippen molar-refractivity contribution < 1.29 is 0 Å². The van der Waals surface area contributed by atoms with Crippen LogP contribution in [0.15, 0.2) is 18.2 Å². The molecule has 0 fully saturated rings. The van der Waals surface area contributed by atoms with Crippen LogP contribution >= 0.6 is 0 Å². The average molecular weight is 260 g/mol. The van der Waals surface area contributed by atoms with Crippen LogP contribution in [0.4, 0.5) is 0 Å². The van der Waals surface area contributed by atoms with Gasteiger partial charge in [-0.25, -0.2) is 0 Å². The lowest BCUT2D eigenvalue weighted by atomic mass is 9.84. The lowest BCUT2D eigenvalue weighted by molar-refractivity contribution is 0.488. The molecule has 1 aromatic carbocycles. The maximum absolute atomic E-state index is 2.45. The lowest BCUT2D eigenvalue weighted by Gasteiger charge is -2.21. The highest BCUT2D eigenvalue weighted by molar-refractivity contribution is 5.35. The molecule has 0 nitrogen and oxygen atoms in total. The summed E-state index contributed by atoms with van der Waals surface area (Å²) in [5.74, 6) is 2.73. The Morgan fingerprint density at radius 1 is 0.737 bits per heavy atom. The van der Waals surface area contributed by atoms with Gasteiger partial charge in [0.05, 0.1) is 0 Å². The van der Waals surface area contributed by atoms with Crippen LogP contribution in [0.3, 0.4) is 0 Å². The minimum absolute atomic E-state index is 0.619. The van der Waals surface area contributed by atoms with Crippen molar-refractivity contribution in [2.75, 3.05) is 0 Å². The van der Waals surface area contributed by atoms with Gasteiger partial charge in [0.25, 0.3) is 0 Å². The van der Waals surface area contributed by atoms with Crippen molar-refractivity contribution in [2.24, 2.45) is 5.92 Å². The summed E-state index contributed by atoms with van der Waals surface area (Å²) in [4.78, 5) is 0. The van der Waals surface area contributed by atoms with Gasteiger partial charge < -0.3 is 0 Å². The van der Waals surface area contributed by atoms with E-state index in [4.69, 9.17) is 0 Å². The molecule has 0 heterocycles. The van der Waals surface area contributed by atoms with E-state index in [9.17, 15) is 0 Å². The third kappa shape index (κ3) is 4.67. The zero-order valence-electron chi connectivity index (χ0n) is 14.0. The van der Waals surface area contributed by atoms with E-state index in [1.165, 1.54) is 24.0 Å². The van der Waals surface area contributed by atoms with Crippen molar-refractivity contribution >= 4 is 0 Å². The molecular weight excluding hydrogens is 228 g/mol. The van der Waals surface area contributed by atoms with Gasteiger partial charge >= 0.3 is 0 Å². The van der Waals surface area contributed by atoms with Crippen molar-refractivity contribution in [3.8, 4) is 0 Å². The first-order valence-electron chi connectivity index (χ1n) is 7.99. The molecule has 0 aliphatic rings. The first kappa shape index (κ1) is 16.3. The maximum atomic E-state index is 2.45. The largest absolute Gasteiger partial charge is 0.0648 e. The van der Waals surface area contributed by atoms with Gasteiger partial charge in [-0.05, 0) is 53.2 Å². The third-order valence-corrected chi connectivity index (χ3v) is 4.05. The highest BCUT2D eigenvalue weighted by atomic mass is 14.2. The molecule has 0 heteroatoms. The molecule has 1 rings (SSSR count). The van der Waals surface area contributed by atoms with E-state index in [0.29, 0.717) is 11.8 Å². The predicted molar refractivity (Wildman–Crippen MR) is 87.1 cm³/mol. The molecule has 19 heavy (non-hydrogen) atoms. The lowest BCUT2D eigenvalue weighted by Crippen LogP contribution is -2.05. The molecule has 0 aliphatic heterocycles. The summed E-state index contributed by atoms with van der Waals surface area (Å²) >= 11 is 0. The Bertz CT molecular complexity index is 359. The van der Waals surface area contributed by atoms with Gasteiger partial charge in [-0.1, -0.05) is 66.7 Å². The van der Waals surface area contributed by atoms with Crippen LogP contribution in [0.1, 0.15) is 95.8 Å². The maximum Gasteiger partial charge on any atom is -0.0162 e. The Labute approximate surface area is 120 Å². The van der Waals surface area contributed by atoms with E-state index < -0.39 is 0 Å². The molecule has 108 valence electrons. The van der Waals surface area contributed by atoms with Crippen molar-refractivity contribution in [1.29, 1.82) is 0 Å². The summed E-state index contributed by atoms with van der Waals surface area (Å²) in [5.41, 5.74) is 4.57. The summed E-state index contributed by atoms with van der Waals surface area (Å²) < 4.78 is 0. The molecule has 0 amide bonds. The molecule has 0 aliphatic carbocycles. The first-order chi connectivity index (χ1) is 8.85. The minimum atomic E-state index is 0.619. The zero-order chi connectivity index (χ0) is 14.6. The second-order valence-electron chi connectivity index (χ2n) is 6.98. The van der Waals surface area contributed by atoms with Gasteiger partial charge in [-0.3, -0.25) is 0 Å². The topological polar surface area (TPSA) is 0 Å². The monoisotopic (exact) mass is 260 g/mol. The van der Waals surface area contributed by atoms with E-state index in [1.807, 2.05) is 0 Å². The van der Waals surface area contributed by atoms with Crippen LogP contribution in [0.5, 0.6) is 0 Å². The molecule has 0 aromatic heterocycles. The third-order valence-electron chi connectivity index (χ3n) is 4.05. The molecule has 1 atom stereocenters. The van der Waals surface area contributed by atoms with Crippen molar-refractivity contribution in [3.05, 3.63) is 34.9 Å². The van der Waals surface area contributed by atoms with Crippen molar-refractivity contribution in [1.82, 2.24) is 0 Å². The standard InChI is InChI=1S/C19H32/c1-8-16(9-13(2)3)19-11-17(14(4)5)10-18(12-19)15(6)7/h10-16H,8-9H2,1-7H3. The van der Waals surface area contributed by atoms with Gasteiger partial charge in [0.15, 0.2) is 0 Å². The molecule has 0 N–H and O–H groups in total.